The van der Waals surface area contributed by atoms with Crippen molar-refractivity contribution in [3.63, 3.8) is 0 Å². The molecular formula is C16H30N4S. The number of unbranched alkanes of at least 4 members (excludes halogenated alkanes) is 3. The van der Waals surface area contributed by atoms with Crippen molar-refractivity contribution in [1.82, 2.24) is 9.97 Å². The number of hydrogen-bond acceptors (Lipinski definition) is 5. The molecule has 2 N–H and O–H groups in total. The predicted octanol–water partition coefficient (Wildman–Crippen LogP) is 4.20. The van der Waals surface area contributed by atoms with Crippen LogP contribution < -0.4 is 10.6 Å². The summed E-state index contributed by atoms with van der Waals surface area (Å²) in [5, 5.41) is 6.86. The average molecular weight is 311 g/mol. The molecule has 4 nitrogen and oxygen atoms in total. The van der Waals surface area contributed by atoms with Crippen LogP contribution in [0.2, 0.25) is 0 Å². The predicted molar refractivity (Wildman–Crippen MR) is 95.5 cm³/mol. The van der Waals surface area contributed by atoms with Gasteiger partial charge >= 0.3 is 0 Å². The maximum atomic E-state index is 4.40. The summed E-state index contributed by atoms with van der Waals surface area (Å²) in [6.45, 7) is 6.27. The van der Waals surface area contributed by atoms with Crippen molar-refractivity contribution in [1.29, 1.82) is 0 Å². The second kappa shape index (κ2) is 11.7. The van der Waals surface area contributed by atoms with Crippen LogP contribution in [0.4, 0.5) is 11.6 Å². The third-order valence-electron chi connectivity index (χ3n) is 3.41. The van der Waals surface area contributed by atoms with Gasteiger partial charge in [-0.15, -0.1) is 0 Å². The van der Waals surface area contributed by atoms with Crippen molar-refractivity contribution in [3.05, 3.63) is 11.9 Å². The van der Waals surface area contributed by atoms with Gasteiger partial charge in [-0.05, 0) is 37.7 Å². The lowest BCUT2D eigenvalue weighted by molar-refractivity contribution is 0.688. The van der Waals surface area contributed by atoms with Crippen LogP contribution in [0, 0.1) is 0 Å². The van der Waals surface area contributed by atoms with Gasteiger partial charge in [-0.3, -0.25) is 0 Å². The highest BCUT2D eigenvalue weighted by Crippen LogP contribution is 2.20. The van der Waals surface area contributed by atoms with Crippen molar-refractivity contribution in [2.24, 2.45) is 0 Å². The molecule has 1 rings (SSSR count). The molecule has 1 heterocycles. The van der Waals surface area contributed by atoms with E-state index in [4.69, 9.17) is 0 Å². The van der Waals surface area contributed by atoms with E-state index in [0.717, 1.165) is 37.6 Å². The SMILES string of the molecule is CCCNc1ncnc(NCCCCCCSC)c1CC. The van der Waals surface area contributed by atoms with Crippen molar-refractivity contribution >= 4 is 23.4 Å². The molecule has 0 unspecified atom stereocenters. The molecular weight excluding hydrogens is 280 g/mol. The topological polar surface area (TPSA) is 49.8 Å². The molecule has 0 saturated carbocycles. The molecule has 0 aliphatic carbocycles. The number of rotatable bonds is 12. The highest BCUT2D eigenvalue weighted by atomic mass is 32.2. The number of nitrogens with zero attached hydrogens (tertiary/aromatic N) is 2. The Kier molecular flexibility index (Phi) is 10.0. The van der Waals surface area contributed by atoms with Gasteiger partial charge in [0.2, 0.25) is 0 Å². The first-order chi connectivity index (χ1) is 10.3. The third kappa shape index (κ3) is 7.02. The second-order valence-corrected chi connectivity index (χ2v) is 6.15. The number of anilines is 2. The van der Waals surface area contributed by atoms with E-state index in [0.29, 0.717) is 0 Å². The zero-order chi connectivity index (χ0) is 15.3. The monoisotopic (exact) mass is 310 g/mol. The van der Waals surface area contributed by atoms with Gasteiger partial charge in [0.25, 0.3) is 0 Å². The molecule has 0 aliphatic rings. The molecule has 5 heteroatoms. The Morgan fingerprint density at radius 3 is 2.24 bits per heavy atom. The fourth-order valence-electron chi connectivity index (χ4n) is 2.23. The zero-order valence-electron chi connectivity index (χ0n) is 13.7. The minimum Gasteiger partial charge on any atom is -0.370 e. The van der Waals surface area contributed by atoms with E-state index in [-0.39, 0.29) is 0 Å². The smallest absolute Gasteiger partial charge is 0.134 e. The Labute approximate surface area is 133 Å². The third-order valence-corrected chi connectivity index (χ3v) is 4.11. The molecule has 120 valence electrons. The molecule has 0 fully saturated rings. The molecule has 0 aliphatic heterocycles. The fraction of sp³-hybridized carbons (Fsp3) is 0.750. The molecule has 0 amide bonds. The van der Waals surface area contributed by atoms with E-state index < -0.39 is 0 Å². The normalized spacial score (nSPS) is 10.6. The van der Waals surface area contributed by atoms with E-state index in [1.54, 1.807) is 6.33 Å². The summed E-state index contributed by atoms with van der Waals surface area (Å²) in [5.74, 6) is 3.26. The first-order valence-electron chi connectivity index (χ1n) is 8.14. The average Bonchev–Trinajstić information content (AvgIpc) is 2.52. The van der Waals surface area contributed by atoms with Crippen LogP contribution in [-0.2, 0) is 6.42 Å². The van der Waals surface area contributed by atoms with Gasteiger partial charge in [0.15, 0.2) is 0 Å². The Morgan fingerprint density at radius 2 is 1.62 bits per heavy atom. The van der Waals surface area contributed by atoms with E-state index in [1.807, 2.05) is 11.8 Å². The van der Waals surface area contributed by atoms with E-state index in [9.17, 15) is 0 Å². The summed E-state index contributed by atoms with van der Waals surface area (Å²) in [6.07, 6.45) is 11.0. The molecule has 1 aromatic heterocycles. The summed E-state index contributed by atoms with van der Waals surface area (Å²) >= 11 is 1.94. The molecule has 0 bridgehead atoms. The first kappa shape index (κ1) is 18.1. The fourth-order valence-corrected chi connectivity index (χ4v) is 2.72. The van der Waals surface area contributed by atoms with Crippen LogP contribution in [0.15, 0.2) is 6.33 Å². The lowest BCUT2D eigenvalue weighted by atomic mass is 10.2. The quantitative estimate of drug-likeness (QED) is 0.567. The Balaban J connectivity index is 2.39. The van der Waals surface area contributed by atoms with Gasteiger partial charge < -0.3 is 10.6 Å². The van der Waals surface area contributed by atoms with Crippen molar-refractivity contribution in [2.45, 2.75) is 52.4 Å². The number of thioether (sulfide) groups is 1. The second-order valence-electron chi connectivity index (χ2n) is 5.16. The molecule has 1 aromatic rings. The Hall–Kier alpha value is -0.970. The van der Waals surface area contributed by atoms with Crippen LogP contribution in [0.1, 0.15) is 51.5 Å². The van der Waals surface area contributed by atoms with Gasteiger partial charge in [-0.2, -0.15) is 11.8 Å². The van der Waals surface area contributed by atoms with E-state index in [2.05, 4.69) is 40.7 Å². The Bertz CT molecular complexity index is 385. The molecule has 21 heavy (non-hydrogen) atoms. The van der Waals surface area contributed by atoms with Crippen LogP contribution >= 0.6 is 11.8 Å². The van der Waals surface area contributed by atoms with Crippen LogP contribution in [0.25, 0.3) is 0 Å². The van der Waals surface area contributed by atoms with Crippen LogP contribution in [0.5, 0.6) is 0 Å². The van der Waals surface area contributed by atoms with Gasteiger partial charge in [0.1, 0.15) is 18.0 Å². The van der Waals surface area contributed by atoms with Crippen molar-refractivity contribution in [3.8, 4) is 0 Å². The van der Waals surface area contributed by atoms with Crippen LogP contribution in [-0.4, -0.2) is 35.1 Å². The summed E-state index contributed by atoms with van der Waals surface area (Å²) < 4.78 is 0. The van der Waals surface area contributed by atoms with Crippen molar-refractivity contribution in [2.75, 3.05) is 35.7 Å². The Morgan fingerprint density at radius 1 is 0.952 bits per heavy atom. The van der Waals surface area contributed by atoms with Gasteiger partial charge in [-0.25, -0.2) is 9.97 Å². The lowest BCUT2D eigenvalue weighted by Crippen LogP contribution is -2.11. The number of hydrogen-bond donors (Lipinski definition) is 2. The van der Waals surface area contributed by atoms with Crippen LogP contribution in [0.3, 0.4) is 0 Å². The molecule has 0 radical (unpaired) electrons. The van der Waals surface area contributed by atoms with E-state index >= 15 is 0 Å². The maximum Gasteiger partial charge on any atom is 0.134 e. The van der Waals surface area contributed by atoms with Gasteiger partial charge in [0, 0.05) is 18.7 Å². The minimum absolute atomic E-state index is 0.947. The highest BCUT2D eigenvalue weighted by Gasteiger charge is 2.08. The minimum atomic E-state index is 0.947. The molecule has 0 saturated heterocycles. The number of aromatic nitrogens is 2. The molecule has 0 spiro atoms. The maximum absolute atomic E-state index is 4.40. The zero-order valence-corrected chi connectivity index (χ0v) is 14.6. The van der Waals surface area contributed by atoms with E-state index in [1.165, 1.54) is 37.0 Å². The summed E-state index contributed by atoms with van der Waals surface area (Å²) in [4.78, 5) is 8.76. The summed E-state index contributed by atoms with van der Waals surface area (Å²) in [7, 11) is 0. The first-order valence-corrected chi connectivity index (χ1v) is 9.53. The summed E-state index contributed by atoms with van der Waals surface area (Å²) in [6, 6.07) is 0. The highest BCUT2D eigenvalue weighted by molar-refractivity contribution is 7.98. The van der Waals surface area contributed by atoms with Gasteiger partial charge in [0.05, 0.1) is 0 Å². The summed E-state index contributed by atoms with van der Waals surface area (Å²) in [5.41, 5.74) is 1.20. The standard InChI is InChI=1S/C16H30N4S/c1-4-10-17-15-14(5-2)16(20-13-19-15)18-11-8-6-7-9-12-21-3/h13H,4-12H2,1-3H3,(H2,17,18,19,20). The molecule has 0 atom stereocenters. The molecule has 0 aromatic carbocycles. The largest absolute Gasteiger partial charge is 0.370 e. The number of nitrogens with one attached hydrogen (secondary N) is 2. The van der Waals surface area contributed by atoms with Gasteiger partial charge in [-0.1, -0.05) is 26.7 Å². The lowest BCUT2D eigenvalue weighted by Gasteiger charge is -2.14. The van der Waals surface area contributed by atoms with Crippen molar-refractivity contribution < 1.29 is 0 Å².